The minimum Gasteiger partial charge on any atom is -0.480 e. The fraction of sp³-hybridized carbons (Fsp3) is 0.636. The third-order valence-electron chi connectivity index (χ3n) is 11.3. The molecule has 0 saturated carbocycles. The number of hydrogen-bond donors (Lipinski definition) is 11. The molecule has 0 radical (unpaired) electrons. The van der Waals surface area contributed by atoms with E-state index in [1.807, 2.05) is 0 Å². The quantitative estimate of drug-likeness (QED) is 0.0256. The average Bonchev–Trinajstić information content (AvgIpc) is 3.26. The van der Waals surface area contributed by atoms with Crippen molar-refractivity contribution in [3.63, 3.8) is 0 Å². The van der Waals surface area contributed by atoms with Gasteiger partial charge in [0, 0.05) is 26.4 Å². The maximum absolute atomic E-state index is 14.4. The Hall–Kier alpha value is -6.32. The second kappa shape index (κ2) is 28.6. The van der Waals surface area contributed by atoms with Gasteiger partial charge >= 0.3 is 5.97 Å². The van der Waals surface area contributed by atoms with Crippen molar-refractivity contribution in [1.82, 2.24) is 36.8 Å². The number of nitrogens with zero attached hydrogens (tertiary/aromatic N) is 2. The number of benzene rings is 1. The molecule has 0 aliphatic carbocycles. The van der Waals surface area contributed by atoms with Crippen LogP contribution in [0.25, 0.3) is 0 Å². The molecule has 0 bridgehead atoms. The monoisotopic (exact) mass is 929 g/mol. The number of carbonyl (C=O) groups excluding carboxylic acids is 8. The van der Waals surface area contributed by atoms with E-state index in [4.69, 9.17) is 22.9 Å². The summed E-state index contributed by atoms with van der Waals surface area (Å²) in [6, 6.07) is 0.0127. The fourth-order valence-electron chi connectivity index (χ4n) is 7.43. The average molecular weight is 929 g/mol. The Bertz CT molecular complexity index is 1840. The molecule has 368 valence electrons. The Morgan fingerprint density at radius 1 is 0.742 bits per heavy atom. The predicted molar refractivity (Wildman–Crippen MR) is 245 cm³/mol. The van der Waals surface area contributed by atoms with Gasteiger partial charge in [-0.05, 0) is 75.3 Å². The molecule has 1 heterocycles. The summed E-state index contributed by atoms with van der Waals surface area (Å²) in [4.78, 5) is 125. The lowest BCUT2D eigenvalue weighted by Gasteiger charge is -2.38. The van der Waals surface area contributed by atoms with Gasteiger partial charge in [0.25, 0.3) is 0 Å². The number of nitrogens with one attached hydrogen (secondary N) is 6. The molecule has 22 nitrogen and oxygen atoms in total. The van der Waals surface area contributed by atoms with Crippen LogP contribution in [0.2, 0.25) is 0 Å². The highest BCUT2D eigenvalue weighted by molar-refractivity contribution is 5.98. The zero-order valence-corrected chi connectivity index (χ0v) is 38.8. The van der Waals surface area contributed by atoms with Gasteiger partial charge in [-0.1, -0.05) is 64.4 Å². The van der Waals surface area contributed by atoms with Crippen LogP contribution in [-0.4, -0.2) is 131 Å². The second-order valence-electron chi connectivity index (χ2n) is 17.0. The molecule has 0 spiro atoms. The molecule has 1 aliphatic heterocycles. The molecule has 22 heteroatoms. The van der Waals surface area contributed by atoms with Crippen LogP contribution in [-0.2, 0) is 49.6 Å². The van der Waals surface area contributed by atoms with Crippen LogP contribution in [0.15, 0.2) is 35.3 Å². The van der Waals surface area contributed by atoms with E-state index in [1.165, 1.54) is 11.8 Å². The summed E-state index contributed by atoms with van der Waals surface area (Å²) in [6.07, 6.45) is 2.20. The summed E-state index contributed by atoms with van der Waals surface area (Å²) in [5.41, 5.74) is 22.8. The van der Waals surface area contributed by atoms with E-state index in [0.29, 0.717) is 37.7 Å². The standard InChI is InChI=1S/C44H72N12O10/c1-6-26(4)36(43(65)66)55-39(61)32(24-34(46)58)53-37(59)29(17-10-12-20-45)51-38(60)31(23-28-15-8-7-9-16-28)54-40(62)33-19-11-13-22-56(33)42(64)30(18-14-21-49-44(47)48)52-41(63)35(25(2)3)50-27(5)57/h7-9,15-16,25-26,29-33,35-36H,6,10-14,17-24,45H2,1-5H3,(H2,46,58)(H,50,57)(H,51,60)(H,52,63)(H,53,59)(H,54,62)(H,55,61)(H,65,66)(H4,47,48,49)/t26-,29-,30-,31-,32-,33-,35-,36-/m0/s1. The van der Waals surface area contributed by atoms with Gasteiger partial charge in [0.05, 0.1) is 6.42 Å². The number of unbranched alkanes of at least 4 members (excludes halogenated alkanes) is 1. The molecule has 8 amide bonds. The van der Waals surface area contributed by atoms with E-state index in [1.54, 1.807) is 58.0 Å². The molecule has 1 aliphatic rings. The number of carboxylic acid groups (broad SMARTS) is 1. The van der Waals surface area contributed by atoms with Crippen LogP contribution in [0.1, 0.15) is 104 Å². The summed E-state index contributed by atoms with van der Waals surface area (Å²) in [5, 5.41) is 25.5. The van der Waals surface area contributed by atoms with Gasteiger partial charge in [0.2, 0.25) is 47.3 Å². The van der Waals surface area contributed by atoms with Gasteiger partial charge < -0.3 is 64.8 Å². The van der Waals surface area contributed by atoms with Crippen LogP contribution < -0.4 is 54.8 Å². The highest BCUT2D eigenvalue weighted by Crippen LogP contribution is 2.21. The predicted octanol–water partition coefficient (Wildman–Crippen LogP) is -1.62. The zero-order valence-electron chi connectivity index (χ0n) is 38.8. The molecule has 1 aromatic rings. The van der Waals surface area contributed by atoms with E-state index in [0.717, 1.165) is 0 Å². The van der Waals surface area contributed by atoms with Crippen LogP contribution in [0, 0.1) is 11.8 Å². The number of aliphatic imine (C=N–C) groups is 1. The van der Waals surface area contributed by atoms with Gasteiger partial charge in [0.1, 0.15) is 42.3 Å². The van der Waals surface area contributed by atoms with Crippen LogP contribution >= 0.6 is 0 Å². The van der Waals surface area contributed by atoms with E-state index >= 15 is 0 Å². The van der Waals surface area contributed by atoms with E-state index in [2.05, 4.69) is 36.9 Å². The number of carbonyl (C=O) groups is 9. The number of nitrogens with two attached hydrogens (primary N) is 4. The minimum atomic E-state index is -1.59. The molecule has 0 unspecified atom stereocenters. The lowest BCUT2D eigenvalue weighted by atomic mass is 9.97. The molecule has 1 saturated heterocycles. The first-order valence-corrected chi connectivity index (χ1v) is 22.6. The van der Waals surface area contributed by atoms with Crippen molar-refractivity contribution in [2.75, 3.05) is 19.6 Å². The van der Waals surface area contributed by atoms with Gasteiger partial charge in [-0.2, -0.15) is 0 Å². The second-order valence-corrected chi connectivity index (χ2v) is 17.0. The van der Waals surface area contributed by atoms with E-state index in [9.17, 15) is 48.3 Å². The molecule has 66 heavy (non-hydrogen) atoms. The summed E-state index contributed by atoms with van der Waals surface area (Å²) >= 11 is 0. The number of rotatable bonds is 28. The maximum Gasteiger partial charge on any atom is 0.326 e. The number of piperidine rings is 1. The maximum atomic E-state index is 14.4. The SMILES string of the molecule is CC[C@H](C)[C@H](NC(=O)[C@H](CC(N)=O)NC(=O)[C@H](CCCCN)NC(=O)[C@H](Cc1ccccc1)NC(=O)[C@@H]1CCCCN1C(=O)[C@H](CCCN=C(N)N)NC(=O)[C@@H](NC(C)=O)C(C)C)C(=O)O. The lowest BCUT2D eigenvalue weighted by Crippen LogP contribution is -2.62. The summed E-state index contributed by atoms with van der Waals surface area (Å²) in [7, 11) is 0. The van der Waals surface area contributed by atoms with E-state index in [-0.39, 0.29) is 63.6 Å². The van der Waals surface area contributed by atoms with Crippen molar-refractivity contribution in [2.45, 2.75) is 148 Å². The third-order valence-corrected chi connectivity index (χ3v) is 11.3. The van der Waals surface area contributed by atoms with Gasteiger partial charge in [-0.15, -0.1) is 0 Å². The first-order chi connectivity index (χ1) is 31.2. The van der Waals surface area contributed by atoms with Gasteiger partial charge in [0.15, 0.2) is 5.96 Å². The third kappa shape index (κ3) is 19.0. The Morgan fingerprint density at radius 2 is 1.35 bits per heavy atom. The molecule has 2 rings (SSSR count). The number of primary amides is 1. The smallest absolute Gasteiger partial charge is 0.326 e. The van der Waals surface area contributed by atoms with Crippen molar-refractivity contribution >= 4 is 59.2 Å². The van der Waals surface area contributed by atoms with Crippen LogP contribution in [0.5, 0.6) is 0 Å². The Morgan fingerprint density at radius 3 is 1.92 bits per heavy atom. The summed E-state index contributed by atoms with van der Waals surface area (Å²) in [6.45, 7) is 8.68. The van der Waals surface area contributed by atoms with Crippen LogP contribution in [0.3, 0.4) is 0 Å². The highest BCUT2D eigenvalue weighted by Gasteiger charge is 2.39. The topological polar surface area (TPSA) is 366 Å². The molecule has 15 N–H and O–H groups in total. The molecule has 0 aromatic heterocycles. The van der Waals surface area contributed by atoms with Crippen molar-refractivity contribution in [2.24, 2.45) is 39.8 Å². The summed E-state index contributed by atoms with van der Waals surface area (Å²) in [5.74, 6) is -8.15. The number of carboxylic acids is 1. The largest absolute Gasteiger partial charge is 0.480 e. The lowest BCUT2D eigenvalue weighted by molar-refractivity contribution is -0.146. The first-order valence-electron chi connectivity index (χ1n) is 22.6. The van der Waals surface area contributed by atoms with Gasteiger partial charge in [-0.3, -0.25) is 43.3 Å². The Kier molecular flexibility index (Phi) is 24.1. The summed E-state index contributed by atoms with van der Waals surface area (Å²) < 4.78 is 0. The molecular weight excluding hydrogens is 857 g/mol. The van der Waals surface area contributed by atoms with Crippen molar-refractivity contribution in [1.29, 1.82) is 0 Å². The van der Waals surface area contributed by atoms with Crippen molar-refractivity contribution < 1.29 is 48.3 Å². The van der Waals surface area contributed by atoms with Crippen molar-refractivity contribution in [3.05, 3.63) is 35.9 Å². The first kappa shape index (κ1) is 55.8. The van der Waals surface area contributed by atoms with Crippen LogP contribution in [0.4, 0.5) is 0 Å². The highest BCUT2D eigenvalue weighted by atomic mass is 16.4. The molecule has 1 aromatic carbocycles. The number of aliphatic carboxylic acids is 1. The Balaban J connectivity index is 2.48. The number of amides is 8. The van der Waals surface area contributed by atoms with E-state index < -0.39 is 108 Å². The zero-order chi connectivity index (χ0) is 49.5. The number of guanidine groups is 1. The molecule has 8 atom stereocenters. The molecule has 1 fully saturated rings. The van der Waals surface area contributed by atoms with Gasteiger partial charge in [-0.25, -0.2) is 4.79 Å². The Labute approximate surface area is 386 Å². The number of hydrogen-bond acceptors (Lipinski definition) is 11. The fourth-order valence-corrected chi connectivity index (χ4v) is 7.43. The minimum absolute atomic E-state index is 0.0249. The normalized spacial score (nSPS) is 16.7. The number of likely N-dealkylation sites (tertiary alicyclic amines) is 1. The van der Waals surface area contributed by atoms with Crippen molar-refractivity contribution in [3.8, 4) is 0 Å². The molecular formula is C44H72N12O10.